The number of aromatic nitrogens is 4. The van der Waals surface area contributed by atoms with Gasteiger partial charge in [-0.3, -0.25) is 9.55 Å². The van der Waals surface area contributed by atoms with Crippen molar-refractivity contribution in [1.82, 2.24) is 19.1 Å². The Morgan fingerprint density at radius 1 is 0.407 bits per heavy atom. The smallest absolute Gasteiger partial charge is 0.148 e. The zero-order valence-electron chi connectivity index (χ0n) is 51.3. The number of phenols is 1. The van der Waals surface area contributed by atoms with Crippen molar-refractivity contribution >= 4 is 43.6 Å². The standard InChI is InChI=1S/C80H73N4O.Pt/c1-77(2,3)57-35-37-62-51(44-57)34-38-68(80(10,11)12)73(62)53-33-36-67(72(85)46-53)76-82-74-63(28-22-32-71(74)84(76)61-48-58(78(4,5)6)47-59(49-61)79(7,8)9)55-41-54(50-23-15-13-16-24-50)42-56(43-55)69-45-52(39-40-81-69)64-29-21-30-66-65-27-19-20-31-70(65)83(75(64)66)60-25-17-14-18-26-60;/h13-42,44-49,85H,1-12H3;/q-1;. The molecule has 0 spiro atoms. The summed E-state index contributed by atoms with van der Waals surface area (Å²) in [5, 5.41) is 17.6. The van der Waals surface area contributed by atoms with Crippen LogP contribution in [0, 0.1) is 6.07 Å². The maximum atomic E-state index is 12.8. The second-order valence-electron chi connectivity index (χ2n) is 27.3. The van der Waals surface area contributed by atoms with Crippen molar-refractivity contribution in [1.29, 1.82) is 0 Å². The van der Waals surface area contributed by atoms with Crippen molar-refractivity contribution in [2.45, 2.75) is 105 Å². The van der Waals surface area contributed by atoms with Gasteiger partial charge < -0.3 is 9.67 Å². The second kappa shape index (κ2) is 21.7. The molecule has 5 nitrogen and oxygen atoms in total. The second-order valence-corrected chi connectivity index (χ2v) is 27.3. The van der Waals surface area contributed by atoms with Gasteiger partial charge in [0.15, 0.2) is 0 Å². The zero-order chi connectivity index (χ0) is 59.3. The summed E-state index contributed by atoms with van der Waals surface area (Å²) in [6.45, 7) is 27.3. The Balaban J connectivity index is 0.00000724. The molecule has 0 saturated carbocycles. The molecule has 10 aromatic carbocycles. The SMILES string of the molecule is CC(C)(C)c1cc(-n2c(-c3ccc(-c4c(C(C)(C)C)ccc5cc(C(C)(C)C)ccc45)cc3O)nc3c(-c4[c-]c(-c5cc(-c6cccc7c8ccccc8n(-c8ccccc8)c67)ccn5)cc(-c5ccccc5)c4)cccc32)cc(C(C)(C)C)c1.[Pt]. The van der Waals surface area contributed by atoms with Crippen LogP contribution in [0.3, 0.4) is 0 Å². The van der Waals surface area contributed by atoms with Gasteiger partial charge in [0, 0.05) is 60.7 Å². The van der Waals surface area contributed by atoms with Crippen LogP contribution >= 0.6 is 0 Å². The molecular formula is C80H73N4OPt-. The predicted octanol–water partition coefficient (Wildman–Crippen LogP) is 21.4. The third kappa shape index (κ3) is 10.5. The number of benzene rings is 10. The number of aromatic hydroxyl groups is 1. The van der Waals surface area contributed by atoms with Gasteiger partial charge >= 0.3 is 0 Å². The fraction of sp³-hybridized carbons (Fsp3) is 0.200. The molecule has 86 heavy (non-hydrogen) atoms. The zero-order valence-corrected chi connectivity index (χ0v) is 53.6. The summed E-state index contributed by atoms with van der Waals surface area (Å²) in [4.78, 5) is 10.9. The Hall–Kier alpha value is -8.63. The van der Waals surface area contributed by atoms with Crippen LogP contribution in [0.4, 0.5) is 0 Å². The Labute approximate surface area is 521 Å². The first-order chi connectivity index (χ1) is 40.6. The van der Waals surface area contributed by atoms with Crippen molar-refractivity contribution in [2.75, 3.05) is 0 Å². The van der Waals surface area contributed by atoms with E-state index in [1.54, 1.807) is 0 Å². The molecule has 0 aliphatic heterocycles. The van der Waals surface area contributed by atoms with Crippen molar-refractivity contribution in [3.8, 4) is 84.3 Å². The van der Waals surface area contributed by atoms with Gasteiger partial charge in [-0.1, -0.05) is 245 Å². The fourth-order valence-electron chi connectivity index (χ4n) is 12.5. The van der Waals surface area contributed by atoms with Gasteiger partial charge in [0.1, 0.15) is 11.6 Å². The number of phenolic OH excluding ortho intramolecular Hbond substituents is 1. The van der Waals surface area contributed by atoms with E-state index in [0.717, 1.165) is 94.6 Å². The third-order valence-corrected chi connectivity index (χ3v) is 17.1. The number of para-hydroxylation sites is 4. The van der Waals surface area contributed by atoms with Gasteiger partial charge in [-0.15, -0.1) is 23.8 Å². The van der Waals surface area contributed by atoms with Crippen molar-refractivity contribution in [3.63, 3.8) is 0 Å². The van der Waals surface area contributed by atoms with E-state index in [9.17, 15) is 5.11 Å². The molecule has 0 bridgehead atoms. The van der Waals surface area contributed by atoms with E-state index in [0.29, 0.717) is 11.4 Å². The largest absolute Gasteiger partial charge is 0.507 e. The van der Waals surface area contributed by atoms with Crippen LogP contribution in [-0.4, -0.2) is 24.2 Å². The van der Waals surface area contributed by atoms with E-state index in [2.05, 4.69) is 305 Å². The molecule has 3 aromatic heterocycles. The summed E-state index contributed by atoms with van der Waals surface area (Å²) in [6.07, 6.45) is 1.93. The number of imidazole rings is 1. The van der Waals surface area contributed by atoms with E-state index in [1.807, 2.05) is 12.3 Å². The first kappa shape index (κ1) is 57.8. The van der Waals surface area contributed by atoms with Crippen LogP contribution in [0.5, 0.6) is 5.75 Å². The molecule has 6 heteroatoms. The molecule has 3 heterocycles. The van der Waals surface area contributed by atoms with Gasteiger partial charge in [-0.2, -0.15) is 0 Å². The minimum atomic E-state index is -0.166. The molecule has 0 unspecified atom stereocenters. The summed E-state index contributed by atoms with van der Waals surface area (Å²) in [7, 11) is 0. The normalized spacial score (nSPS) is 12.4. The molecule has 13 rings (SSSR count). The number of fused-ring (bicyclic) bond motifs is 5. The topological polar surface area (TPSA) is 55.9 Å². The molecular weight excluding hydrogens is 1230 g/mol. The molecule has 0 amide bonds. The van der Waals surface area contributed by atoms with E-state index in [1.165, 1.54) is 38.4 Å². The van der Waals surface area contributed by atoms with Crippen LogP contribution in [0.2, 0.25) is 0 Å². The van der Waals surface area contributed by atoms with E-state index >= 15 is 0 Å². The van der Waals surface area contributed by atoms with E-state index < -0.39 is 0 Å². The van der Waals surface area contributed by atoms with E-state index in [-0.39, 0.29) is 48.5 Å². The molecule has 0 fully saturated rings. The Kier molecular flexibility index (Phi) is 14.6. The Morgan fingerprint density at radius 2 is 1.05 bits per heavy atom. The number of nitrogens with zero attached hydrogens (tertiary/aromatic N) is 4. The first-order valence-electron chi connectivity index (χ1n) is 29.9. The molecule has 0 aliphatic rings. The fourth-order valence-corrected chi connectivity index (χ4v) is 12.5. The molecule has 0 aliphatic carbocycles. The Morgan fingerprint density at radius 3 is 1.74 bits per heavy atom. The monoisotopic (exact) mass is 1300 g/mol. The van der Waals surface area contributed by atoms with Crippen molar-refractivity contribution in [2.24, 2.45) is 0 Å². The molecule has 0 radical (unpaired) electrons. The predicted molar refractivity (Wildman–Crippen MR) is 359 cm³/mol. The Bertz CT molecular complexity index is 4720. The van der Waals surface area contributed by atoms with Gasteiger partial charge in [-0.25, -0.2) is 4.98 Å². The molecule has 0 saturated heterocycles. The average molecular weight is 1300 g/mol. The maximum Gasteiger partial charge on any atom is 0.148 e. The summed E-state index contributed by atoms with van der Waals surface area (Å²) in [6, 6.07) is 80.3. The number of pyridine rings is 1. The van der Waals surface area contributed by atoms with Crippen LogP contribution in [0.15, 0.2) is 219 Å². The van der Waals surface area contributed by atoms with Crippen LogP contribution in [0.1, 0.15) is 105 Å². The van der Waals surface area contributed by atoms with Crippen molar-refractivity contribution in [3.05, 3.63) is 247 Å². The molecule has 430 valence electrons. The first-order valence-corrected chi connectivity index (χ1v) is 29.9. The average Bonchev–Trinajstić information content (AvgIpc) is 1.60. The van der Waals surface area contributed by atoms with Crippen molar-refractivity contribution < 1.29 is 26.2 Å². The number of hydrogen-bond donors (Lipinski definition) is 1. The summed E-state index contributed by atoms with van der Waals surface area (Å²) in [5.74, 6) is 0.810. The minimum absolute atomic E-state index is 0. The number of rotatable bonds is 8. The van der Waals surface area contributed by atoms with E-state index in [4.69, 9.17) is 9.97 Å². The third-order valence-electron chi connectivity index (χ3n) is 17.1. The van der Waals surface area contributed by atoms with Gasteiger partial charge in [0.25, 0.3) is 0 Å². The van der Waals surface area contributed by atoms with Crippen LogP contribution in [0.25, 0.3) is 122 Å². The van der Waals surface area contributed by atoms with Gasteiger partial charge in [0.2, 0.25) is 0 Å². The summed E-state index contributed by atoms with van der Waals surface area (Å²) >= 11 is 0. The van der Waals surface area contributed by atoms with Gasteiger partial charge in [0.05, 0.1) is 27.6 Å². The van der Waals surface area contributed by atoms with Crippen LogP contribution in [-0.2, 0) is 42.7 Å². The van der Waals surface area contributed by atoms with Gasteiger partial charge in [-0.05, 0) is 132 Å². The maximum absolute atomic E-state index is 12.8. The van der Waals surface area contributed by atoms with Crippen LogP contribution < -0.4 is 0 Å². The molecule has 13 aromatic rings. The molecule has 0 atom stereocenters. The quantitative estimate of drug-likeness (QED) is 0.154. The minimum Gasteiger partial charge on any atom is -0.507 e. The summed E-state index contributed by atoms with van der Waals surface area (Å²) in [5.41, 5.74) is 21.1. The molecule has 1 N–H and O–H groups in total. The summed E-state index contributed by atoms with van der Waals surface area (Å²) < 4.78 is 4.66. The number of hydrogen-bond acceptors (Lipinski definition) is 3.